The number of hydrazone groups is 1. The molecule has 0 atom stereocenters. The number of ether oxygens (including phenoxy) is 2. The Hall–Kier alpha value is -4.74. The van der Waals surface area contributed by atoms with Crippen LogP contribution in [0.5, 0.6) is 11.5 Å². The zero-order valence-corrected chi connectivity index (χ0v) is 18.7. The molecule has 0 spiro atoms. The van der Waals surface area contributed by atoms with Crippen LogP contribution in [0.15, 0.2) is 58.3 Å². The summed E-state index contributed by atoms with van der Waals surface area (Å²) < 4.78 is 16.6. The van der Waals surface area contributed by atoms with Crippen molar-refractivity contribution >= 4 is 17.4 Å². The van der Waals surface area contributed by atoms with Gasteiger partial charge in [0.05, 0.1) is 14.2 Å². The highest BCUT2D eigenvalue weighted by Gasteiger charge is 2.25. The number of nitrogens with two attached hydrogens (primary N) is 1. The molecule has 0 aliphatic carbocycles. The highest BCUT2D eigenvalue weighted by atomic mass is 16.6. The van der Waals surface area contributed by atoms with Gasteiger partial charge in [-0.05, 0) is 41.0 Å². The number of amides is 1. The van der Waals surface area contributed by atoms with Crippen LogP contribution in [-0.4, -0.2) is 51.1 Å². The number of methoxy groups -OCH3 is 2. The lowest BCUT2D eigenvalue weighted by molar-refractivity contribution is 0.0950. The second kappa shape index (κ2) is 9.81. The van der Waals surface area contributed by atoms with Gasteiger partial charge in [0.1, 0.15) is 17.2 Å². The first-order valence-corrected chi connectivity index (χ1v) is 10.2. The van der Waals surface area contributed by atoms with Crippen LogP contribution < -0.4 is 20.6 Å². The number of benzene rings is 2. The summed E-state index contributed by atoms with van der Waals surface area (Å²) in [7, 11) is 3.15. The monoisotopic (exact) mass is 462 g/mol. The van der Waals surface area contributed by atoms with Crippen molar-refractivity contribution in [1.29, 1.82) is 0 Å². The van der Waals surface area contributed by atoms with Gasteiger partial charge in [0.15, 0.2) is 5.69 Å². The summed E-state index contributed by atoms with van der Waals surface area (Å²) >= 11 is 0. The Labute approximate surface area is 194 Å². The van der Waals surface area contributed by atoms with Gasteiger partial charge in [0, 0.05) is 17.7 Å². The first kappa shape index (κ1) is 22.5. The standard InChI is InChI=1S/C22H22N8O4/c1-13(11-14-7-4-5-10-17(14)33-3)24-26-22(31)18-19(15-8-6-9-16(12-15)32-2)30(29-25-18)21-20(23)27-34-28-21/h4-10,12H,11H2,1-3H3,(H2,23,27)(H,26,31)/b24-13-. The highest BCUT2D eigenvalue weighted by Crippen LogP contribution is 2.29. The van der Waals surface area contributed by atoms with E-state index in [0.29, 0.717) is 29.1 Å². The quantitative estimate of drug-likeness (QED) is 0.296. The summed E-state index contributed by atoms with van der Waals surface area (Å²) in [5.74, 6) is 0.837. The molecule has 12 heteroatoms. The molecule has 0 bridgehead atoms. The number of nitrogen functional groups attached to an aromatic ring is 1. The number of carbonyl (C=O) groups is 1. The van der Waals surface area contributed by atoms with Gasteiger partial charge < -0.3 is 15.2 Å². The molecule has 174 valence electrons. The van der Waals surface area contributed by atoms with Crippen molar-refractivity contribution in [1.82, 2.24) is 30.7 Å². The Morgan fingerprint density at radius 2 is 1.97 bits per heavy atom. The van der Waals surface area contributed by atoms with Crippen LogP contribution >= 0.6 is 0 Å². The maximum absolute atomic E-state index is 13.1. The molecule has 2 heterocycles. The summed E-state index contributed by atoms with van der Waals surface area (Å²) in [4.78, 5) is 13.1. The number of carbonyl (C=O) groups excluding carboxylic acids is 1. The molecule has 12 nitrogen and oxygen atoms in total. The minimum atomic E-state index is -0.571. The van der Waals surface area contributed by atoms with Crippen LogP contribution in [0.25, 0.3) is 17.1 Å². The van der Waals surface area contributed by atoms with Crippen molar-refractivity contribution in [3.8, 4) is 28.6 Å². The molecule has 0 aliphatic heterocycles. The number of hydrogen-bond acceptors (Lipinski definition) is 10. The van der Waals surface area contributed by atoms with Crippen LogP contribution in [0.2, 0.25) is 0 Å². The van der Waals surface area contributed by atoms with Crippen molar-refractivity contribution < 1.29 is 18.9 Å². The van der Waals surface area contributed by atoms with E-state index in [4.69, 9.17) is 15.2 Å². The number of aromatic nitrogens is 5. The molecule has 2 aromatic heterocycles. The van der Waals surface area contributed by atoms with Gasteiger partial charge in [0.2, 0.25) is 11.6 Å². The molecule has 0 aliphatic rings. The van der Waals surface area contributed by atoms with Crippen molar-refractivity contribution in [3.05, 3.63) is 59.8 Å². The fourth-order valence-corrected chi connectivity index (χ4v) is 3.31. The topological polar surface area (TPSA) is 156 Å². The molecule has 0 saturated carbocycles. The number of hydrogen-bond donors (Lipinski definition) is 2. The van der Waals surface area contributed by atoms with Crippen molar-refractivity contribution in [2.45, 2.75) is 13.3 Å². The van der Waals surface area contributed by atoms with Gasteiger partial charge in [0.25, 0.3) is 5.91 Å². The third-order valence-corrected chi connectivity index (χ3v) is 4.91. The molecule has 0 fully saturated rings. The Morgan fingerprint density at radius 1 is 1.15 bits per heavy atom. The van der Waals surface area contributed by atoms with Crippen LogP contribution in [0.4, 0.5) is 5.82 Å². The summed E-state index contributed by atoms with van der Waals surface area (Å²) in [6, 6.07) is 14.6. The molecule has 0 saturated heterocycles. The molecule has 4 rings (SSSR count). The number of para-hydroxylation sites is 1. The Kier molecular flexibility index (Phi) is 6.48. The minimum absolute atomic E-state index is 0.00416. The fraction of sp³-hybridized carbons (Fsp3) is 0.182. The summed E-state index contributed by atoms with van der Waals surface area (Å²) in [5.41, 5.74) is 10.9. The molecular weight excluding hydrogens is 440 g/mol. The second-order valence-electron chi connectivity index (χ2n) is 7.18. The number of rotatable bonds is 8. The lowest BCUT2D eigenvalue weighted by atomic mass is 10.1. The molecule has 2 aromatic carbocycles. The molecule has 0 unspecified atom stereocenters. The maximum atomic E-state index is 13.1. The molecule has 0 radical (unpaired) electrons. The fourth-order valence-electron chi connectivity index (χ4n) is 3.31. The number of anilines is 1. The van der Waals surface area contributed by atoms with E-state index in [0.717, 1.165) is 11.3 Å². The Bertz CT molecular complexity index is 1340. The van der Waals surface area contributed by atoms with E-state index in [1.807, 2.05) is 24.3 Å². The van der Waals surface area contributed by atoms with Gasteiger partial charge in [-0.25, -0.2) is 10.1 Å². The first-order chi connectivity index (χ1) is 16.5. The predicted octanol–water partition coefficient (Wildman–Crippen LogP) is 2.27. The lowest BCUT2D eigenvalue weighted by Gasteiger charge is -2.09. The molecule has 34 heavy (non-hydrogen) atoms. The maximum Gasteiger partial charge on any atom is 0.294 e. The third kappa shape index (κ3) is 4.55. The smallest absolute Gasteiger partial charge is 0.294 e. The molecular formula is C22H22N8O4. The van der Waals surface area contributed by atoms with Gasteiger partial charge in [-0.3, -0.25) is 4.79 Å². The van der Waals surface area contributed by atoms with Gasteiger partial charge >= 0.3 is 0 Å². The van der Waals surface area contributed by atoms with Gasteiger partial charge in [-0.15, -0.1) is 5.10 Å². The lowest BCUT2D eigenvalue weighted by Crippen LogP contribution is -2.21. The zero-order valence-electron chi connectivity index (χ0n) is 18.7. The minimum Gasteiger partial charge on any atom is -0.497 e. The van der Waals surface area contributed by atoms with Crippen LogP contribution in [-0.2, 0) is 6.42 Å². The molecule has 1 amide bonds. The van der Waals surface area contributed by atoms with Crippen molar-refractivity contribution in [2.24, 2.45) is 5.10 Å². The normalized spacial score (nSPS) is 11.3. The second-order valence-corrected chi connectivity index (χ2v) is 7.18. The average Bonchev–Trinajstić information content (AvgIpc) is 3.49. The summed E-state index contributed by atoms with van der Waals surface area (Å²) in [5, 5.41) is 19.7. The van der Waals surface area contributed by atoms with Crippen LogP contribution in [0, 0.1) is 0 Å². The van der Waals surface area contributed by atoms with E-state index in [9.17, 15) is 4.79 Å². The predicted molar refractivity (Wildman–Crippen MR) is 123 cm³/mol. The highest BCUT2D eigenvalue weighted by molar-refractivity contribution is 5.99. The zero-order chi connectivity index (χ0) is 24.1. The molecule has 4 aromatic rings. The van der Waals surface area contributed by atoms with E-state index in [-0.39, 0.29) is 17.3 Å². The van der Waals surface area contributed by atoms with E-state index >= 15 is 0 Å². The summed E-state index contributed by atoms with van der Waals surface area (Å²) in [6.45, 7) is 1.80. The van der Waals surface area contributed by atoms with Gasteiger partial charge in [-0.2, -0.15) is 9.78 Å². The summed E-state index contributed by atoms with van der Waals surface area (Å²) in [6.07, 6.45) is 0.487. The average molecular weight is 462 g/mol. The number of nitrogens with zero attached hydrogens (tertiary/aromatic N) is 6. The third-order valence-electron chi connectivity index (χ3n) is 4.91. The van der Waals surface area contributed by atoms with E-state index in [1.165, 1.54) is 4.68 Å². The van der Waals surface area contributed by atoms with Crippen molar-refractivity contribution in [2.75, 3.05) is 20.0 Å². The van der Waals surface area contributed by atoms with Crippen molar-refractivity contribution in [3.63, 3.8) is 0 Å². The van der Waals surface area contributed by atoms with E-state index < -0.39 is 5.91 Å². The van der Waals surface area contributed by atoms with E-state index in [2.05, 4.69) is 35.8 Å². The van der Waals surface area contributed by atoms with Gasteiger partial charge in [-0.1, -0.05) is 35.5 Å². The number of nitrogens with one attached hydrogen (secondary N) is 1. The SMILES string of the molecule is COc1cccc(-c2c(C(=O)N/N=C(/C)Cc3ccccc3OC)nnn2-c2nonc2N)c1. The Balaban J connectivity index is 1.66. The molecule has 3 N–H and O–H groups in total. The van der Waals surface area contributed by atoms with Crippen LogP contribution in [0.1, 0.15) is 23.0 Å². The van der Waals surface area contributed by atoms with E-state index in [1.54, 1.807) is 45.4 Å². The Morgan fingerprint density at radius 3 is 2.71 bits per heavy atom. The first-order valence-electron chi connectivity index (χ1n) is 10.2. The van der Waals surface area contributed by atoms with Crippen LogP contribution in [0.3, 0.4) is 0 Å². The largest absolute Gasteiger partial charge is 0.497 e.